The first kappa shape index (κ1) is 17.5. The first-order valence-electron chi connectivity index (χ1n) is 6.07. The van der Waals surface area contributed by atoms with E-state index in [4.69, 9.17) is 11.5 Å². The number of nitrogens with two attached hydrogens (primary N) is 2. The Hall–Kier alpha value is -1.53. The topological polar surface area (TPSA) is 114 Å². The summed E-state index contributed by atoms with van der Waals surface area (Å²) in [4.78, 5) is 25.5. The van der Waals surface area contributed by atoms with Crippen molar-refractivity contribution >= 4 is 24.2 Å². The summed E-state index contributed by atoms with van der Waals surface area (Å²) >= 11 is 0. The molecule has 2 amide bonds. The maximum atomic E-state index is 11.9. The second-order valence-electron chi connectivity index (χ2n) is 4.21. The molecule has 0 spiro atoms. The largest absolute Gasteiger partial charge is 0.366 e. The van der Waals surface area contributed by atoms with Gasteiger partial charge in [0.1, 0.15) is 5.69 Å². The molecule has 0 bridgehead atoms. The lowest BCUT2D eigenvalue weighted by Gasteiger charge is -2.15. The maximum Gasteiger partial charge on any atom is 0.267 e. The maximum absolute atomic E-state index is 11.9. The lowest BCUT2D eigenvalue weighted by atomic mass is 10.1. The highest BCUT2D eigenvalue weighted by molar-refractivity contribution is 5.98. The number of halogens is 1. The van der Waals surface area contributed by atoms with Crippen LogP contribution in [0.25, 0.3) is 0 Å². The zero-order valence-corrected chi connectivity index (χ0v) is 11.8. The molecule has 0 aliphatic carbocycles. The molecule has 1 aromatic heterocycles. The molecule has 6 nitrogen and oxygen atoms in total. The van der Waals surface area contributed by atoms with Gasteiger partial charge in [0, 0.05) is 18.8 Å². The molecule has 0 saturated carbocycles. The van der Waals surface area contributed by atoms with Gasteiger partial charge in [0.2, 0.25) is 5.91 Å². The van der Waals surface area contributed by atoms with Crippen molar-refractivity contribution in [2.75, 3.05) is 6.54 Å². The number of H-pyrrole nitrogens is 1. The lowest BCUT2D eigenvalue weighted by molar-refractivity contribution is 0.0931. The minimum absolute atomic E-state index is 0. The number of amides is 2. The summed E-state index contributed by atoms with van der Waals surface area (Å²) in [6, 6.07) is 1.39. The highest BCUT2D eigenvalue weighted by Crippen LogP contribution is 2.05. The van der Waals surface area contributed by atoms with E-state index in [1.807, 2.05) is 0 Å². The van der Waals surface area contributed by atoms with Gasteiger partial charge in [0.15, 0.2) is 0 Å². The van der Waals surface area contributed by atoms with Crippen LogP contribution >= 0.6 is 12.4 Å². The SMILES string of the molecule is CCCCC(CN)NC(=O)c1cc(C(N)=O)c[nH]1.Cl. The fourth-order valence-corrected chi connectivity index (χ4v) is 1.63. The van der Waals surface area contributed by atoms with E-state index in [1.165, 1.54) is 12.3 Å². The van der Waals surface area contributed by atoms with Crippen LogP contribution in [-0.2, 0) is 0 Å². The molecule has 19 heavy (non-hydrogen) atoms. The Bertz CT molecular complexity index is 420. The summed E-state index contributed by atoms with van der Waals surface area (Å²) in [7, 11) is 0. The molecule has 6 N–H and O–H groups in total. The van der Waals surface area contributed by atoms with E-state index in [1.54, 1.807) is 0 Å². The molecule has 0 radical (unpaired) electrons. The second kappa shape index (κ2) is 8.55. The number of hydrogen-bond donors (Lipinski definition) is 4. The summed E-state index contributed by atoms with van der Waals surface area (Å²) in [5, 5.41) is 2.82. The Labute approximate surface area is 118 Å². The van der Waals surface area contributed by atoms with E-state index < -0.39 is 5.91 Å². The van der Waals surface area contributed by atoms with E-state index in [0.29, 0.717) is 12.2 Å². The predicted octanol–water partition coefficient (Wildman–Crippen LogP) is 0.783. The molecule has 0 saturated heterocycles. The summed E-state index contributed by atoms with van der Waals surface area (Å²) < 4.78 is 0. The molecule has 1 unspecified atom stereocenters. The van der Waals surface area contributed by atoms with E-state index in [9.17, 15) is 9.59 Å². The number of nitrogens with one attached hydrogen (secondary N) is 2. The van der Waals surface area contributed by atoms with Crippen molar-refractivity contribution in [2.45, 2.75) is 32.2 Å². The Balaban J connectivity index is 0.00000324. The molecule has 7 heteroatoms. The van der Waals surface area contributed by atoms with Crippen LogP contribution in [0.3, 0.4) is 0 Å². The van der Waals surface area contributed by atoms with Crippen LogP contribution in [0.1, 0.15) is 47.0 Å². The first-order valence-corrected chi connectivity index (χ1v) is 6.07. The highest BCUT2D eigenvalue weighted by Gasteiger charge is 2.14. The highest BCUT2D eigenvalue weighted by atomic mass is 35.5. The van der Waals surface area contributed by atoms with Gasteiger partial charge in [-0.15, -0.1) is 12.4 Å². The van der Waals surface area contributed by atoms with E-state index in [2.05, 4.69) is 17.2 Å². The minimum Gasteiger partial charge on any atom is -0.366 e. The molecule has 0 aliphatic rings. The van der Waals surface area contributed by atoms with Gasteiger partial charge >= 0.3 is 0 Å². The Morgan fingerprint density at radius 2 is 2.16 bits per heavy atom. The van der Waals surface area contributed by atoms with Gasteiger partial charge in [-0.25, -0.2) is 0 Å². The zero-order valence-electron chi connectivity index (χ0n) is 10.9. The van der Waals surface area contributed by atoms with Crippen LogP contribution in [-0.4, -0.2) is 29.4 Å². The fourth-order valence-electron chi connectivity index (χ4n) is 1.63. The van der Waals surface area contributed by atoms with Gasteiger partial charge in [0.25, 0.3) is 5.91 Å². The number of primary amides is 1. The molecular formula is C12H21ClN4O2. The number of aromatic amines is 1. The number of carbonyl (C=O) groups is 2. The second-order valence-corrected chi connectivity index (χ2v) is 4.21. The number of carbonyl (C=O) groups excluding carboxylic acids is 2. The van der Waals surface area contributed by atoms with Gasteiger partial charge in [-0.3, -0.25) is 9.59 Å². The van der Waals surface area contributed by atoms with E-state index >= 15 is 0 Å². The van der Waals surface area contributed by atoms with Crippen LogP contribution in [0.2, 0.25) is 0 Å². The summed E-state index contributed by atoms with van der Waals surface area (Å²) in [6.45, 7) is 2.48. The van der Waals surface area contributed by atoms with Crippen molar-refractivity contribution in [2.24, 2.45) is 11.5 Å². The van der Waals surface area contributed by atoms with Crippen LogP contribution in [0.5, 0.6) is 0 Å². The molecular weight excluding hydrogens is 268 g/mol. The molecule has 0 fully saturated rings. The van der Waals surface area contributed by atoms with Gasteiger partial charge in [-0.2, -0.15) is 0 Å². The minimum atomic E-state index is -0.563. The average molecular weight is 289 g/mol. The average Bonchev–Trinajstić information content (AvgIpc) is 2.83. The van der Waals surface area contributed by atoms with Crippen LogP contribution in [0.15, 0.2) is 12.3 Å². The molecule has 1 aromatic rings. The molecule has 1 rings (SSSR count). The van der Waals surface area contributed by atoms with Crippen molar-refractivity contribution in [1.29, 1.82) is 0 Å². The summed E-state index contributed by atoms with van der Waals surface area (Å²) in [6.07, 6.45) is 4.34. The van der Waals surface area contributed by atoms with Gasteiger partial charge in [-0.05, 0) is 12.5 Å². The fraction of sp³-hybridized carbons (Fsp3) is 0.500. The smallest absolute Gasteiger partial charge is 0.267 e. The number of aromatic nitrogens is 1. The van der Waals surface area contributed by atoms with Crippen LogP contribution in [0, 0.1) is 0 Å². The van der Waals surface area contributed by atoms with Crippen LogP contribution < -0.4 is 16.8 Å². The molecule has 0 aliphatic heterocycles. The van der Waals surface area contributed by atoms with Crippen molar-refractivity contribution in [1.82, 2.24) is 10.3 Å². The summed E-state index contributed by atoms with van der Waals surface area (Å²) in [5.41, 5.74) is 11.3. The van der Waals surface area contributed by atoms with E-state index in [-0.39, 0.29) is 29.9 Å². The third kappa shape index (κ3) is 5.32. The normalized spacial score (nSPS) is 11.5. The van der Waals surface area contributed by atoms with Crippen LogP contribution in [0.4, 0.5) is 0 Å². The van der Waals surface area contributed by atoms with Gasteiger partial charge < -0.3 is 21.8 Å². The first-order chi connectivity index (χ1) is 8.58. The zero-order chi connectivity index (χ0) is 13.5. The van der Waals surface area contributed by atoms with Crippen molar-refractivity contribution in [3.63, 3.8) is 0 Å². The Kier molecular flexibility index (Phi) is 7.86. The van der Waals surface area contributed by atoms with Gasteiger partial charge in [-0.1, -0.05) is 19.8 Å². The van der Waals surface area contributed by atoms with Crippen molar-refractivity contribution < 1.29 is 9.59 Å². The Morgan fingerprint density at radius 3 is 2.63 bits per heavy atom. The standard InChI is InChI=1S/C12H20N4O2.ClH/c1-2-3-4-9(6-13)16-12(18)10-5-8(7-15-10)11(14)17;/h5,7,9,15H,2-4,6,13H2,1H3,(H2,14,17)(H,16,18);1H. The third-order valence-electron chi connectivity index (χ3n) is 2.74. The Morgan fingerprint density at radius 1 is 1.47 bits per heavy atom. The van der Waals surface area contributed by atoms with E-state index in [0.717, 1.165) is 19.3 Å². The number of rotatable bonds is 7. The third-order valence-corrected chi connectivity index (χ3v) is 2.74. The van der Waals surface area contributed by atoms with Crippen molar-refractivity contribution in [3.05, 3.63) is 23.5 Å². The molecule has 108 valence electrons. The van der Waals surface area contributed by atoms with Crippen molar-refractivity contribution in [3.8, 4) is 0 Å². The molecule has 1 heterocycles. The monoisotopic (exact) mass is 288 g/mol. The number of hydrogen-bond acceptors (Lipinski definition) is 3. The lowest BCUT2D eigenvalue weighted by Crippen LogP contribution is -2.40. The summed E-state index contributed by atoms with van der Waals surface area (Å²) in [5.74, 6) is -0.833. The van der Waals surface area contributed by atoms with Gasteiger partial charge in [0.05, 0.1) is 5.56 Å². The molecule has 0 aromatic carbocycles. The quantitative estimate of drug-likeness (QED) is 0.594. The molecule has 1 atom stereocenters. The predicted molar refractivity (Wildman–Crippen MR) is 76.4 cm³/mol. The number of unbranched alkanes of at least 4 members (excludes halogenated alkanes) is 1.